The summed E-state index contributed by atoms with van der Waals surface area (Å²) in [4.78, 5) is 4.70. The fraction of sp³-hybridized carbons (Fsp3) is 0.250. The van der Waals surface area contributed by atoms with Crippen molar-refractivity contribution in [3.63, 3.8) is 0 Å². The van der Waals surface area contributed by atoms with Gasteiger partial charge in [-0.3, -0.25) is 4.57 Å². The lowest BCUT2D eigenvalue weighted by Crippen LogP contribution is -2.19. The minimum atomic E-state index is -2.84. The second-order valence-corrected chi connectivity index (χ2v) is 9.69. The molecule has 0 aliphatic carbocycles. The number of fused-ring (bicyclic) bond motifs is 1. The van der Waals surface area contributed by atoms with E-state index < -0.39 is 7.52 Å². The monoisotopic (exact) mass is 384 g/mol. The quantitative estimate of drug-likeness (QED) is 0.412. The van der Waals surface area contributed by atoms with E-state index in [2.05, 4.69) is 18.2 Å². The van der Waals surface area contributed by atoms with Gasteiger partial charge in [-0.05, 0) is 24.6 Å². The minimum absolute atomic E-state index is 0.433. The highest BCUT2D eigenvalue weighted by molar-refractivity contribution is 7.55. The zero-order valence-corrected chi connectivity index (χ0v) is 16.4. The molecule has 0 saturated carbocycles. The van der Waals surface area contributed by atoms with E-state index in [1.54, 1.807) is 11.3 Å². The molecule has 1 aromatic heterocycles. The number of benzene rings is 2. The molecular weight excluding hydrogens is 363 g/mol. The van der Waals surface area contributed by atoms with Gasteiger partial charge in [-0.1, -0.05) is 48.6 Å². The van der Waals surface area contributed by atoms with E-state index in [-0.39, 0.29) is 0 Å². The van der Waals surface area contributed by atoms with E-state index in [9.17, 15) is 4.57 Å². The van der Waals surface area contributed by atoms with Crippen LogP contribution in [-0.4, -0.2) is 29.4 Å². The van der Waals surface area contributed by atoms with Gasteiger partial charge in [-0.2, -0.15) is 0 Å². The molecule has 3 aromatic rings. The molecule has 26 heavy (non-hydrogen) atoms. The Hall–Kier alpha value is -1.78. The van der Waals surface area contributed by atoms with E-state index in [1.807, 2.05) is 54.1 Å². The molecule has 6 heteroatoms. The van der Waals surface area contributed by atoms with E-state index in [4.69, 9.17) is 9.51 Å². The molecule has 0 bridgehead atoms. The Labute approximate surface area is 157 Å². The average Bonchev–Trinajstić information content (AvgIpc) is 3.32. The SMILES string of the molecule is CCOP(=O)(Cc1ccc(-c2nc3ccccc3s2)cc1)N1CC=CC1. The average molecular weight is 384 g/mol. The second-order valence-electron chi connectivity index (χ2n) is 6.24. The highest BCUT2D eigenvalue weighted by atomic mass is 32.1. The van der Waals surface area contributed by atoms with E-state index in [0.29, 0.717) is 25.9 Å². The summed E-state index contributed by atoms with van der Waals surface area (Å²) < 4.78 is 22.1. The molecule has 0 spiro atoms. The van der Waals surface area contributed by atoms with Crippen LogP contribution in [0.4, 0.5) is 0 Å². The Bertz CT molecular complexity index is 940. The molecule has 1 aliphatic heterocycles. The number of nitrogens with zero attached hydrogens (tertiary/aromatic N) is 2. The summed E-state index contributed by atoms with van der Waals surface area (Å²) in [6.45, 7) is 3.74. The number of rotatable bonds is 6. The molecule has 1 atom stereocenters. The zero-order valence-electron chi connectivity index (χ0n) is 14.7. The van der Waals surface area contributed by atoms with Gasteiger partial charge in [-0.25, -0.2) is 9.65 Å². The molecule has 0 radical (unpaired) electrons. The van der Waals surface area contributed by atoms with Gasteiger partial charge in [0.1, 0.15) is 5.01 Å². The van der Waals surface area contributed by atoms with Gasteiger partial charge >= 0.3 is 0 Å². The Morgan fingerprint density at radius 2 is 1.85 bits per heavy atom. The highest BCUT2D eigenvalue weighted by Gasteiger charge is 2.32. The number of hydrogen-bond donors (Lipinski definition) is 0. The van der Waals surface area contributed by atoms with Crippen LogP contribution in [0.3, 0.4) is 0 Å². The van der Waals surface area contributed by atoms with Crippen LogP contribution >= 0.6 is 18.9 Å². The van der Waals surface area contributed by atoms with Crippen molar-refractivity contribution in [1.29, 1.82) is 0 Å². The molecule has 2 aromatic carbocycles. The molecule has 0 N–H and O–H groups in total. The summed E-state index contributed by atoms with van der Waals surface area (Å²) >= 11 is 1.69. The van der Waals surface area contributed by atoms with Crippen LogP contribution in [0, 0.1) is 0 Å². The summed E-state index contributed by atoms with van der Waals surface area (Å²) in [7, 11) is -2.84. The van der Waals surface area contributed by atoms with E-state index in [1.165, 1.54) is 4.70 Å². The number of aromatic nitrogens is 1. The molecule has 2 heterocycles. The first-order valence-corrected chi connectivity index (χ1v) is 11.3. The van der Waals surface area contributed by atoms with Crippen molar-refractivity contribution in [3.8, 4) is 10.6 Å². The van der Waals surface area contributed by atoms with Crippen LogP contribution in [0.1, 0.15) is 12.5 Å². The fourth-order valence-electron chi connectivity index (χ4n) is 3.12. The first-order valence-electron chi connectivity index (χ1n) is 8.77. The predicted octanol–water partition coefficient (Wildman–Crippen LogP) is 5.56. The Morgan fingerprint density at radius 3 is 2.54 bits per heavy atom. The second kappa shape index (κ2) is 7.45. The minimum Gasteiger partial charge on any atom is -0.317 e. The third kappa shape index (κ3) is 3.53. The lowest BCUT2D eigenvalue weighted by atomic mass is 10.2. The predicted molar refractivity (Wildman–Crippen MR) is 109 cm³/mol. The van der Waals surface area contributed by atoms with Gasteiger partial charge in [0.2, 0.25) is 0 Å². The van der Waals surface area contributed by atoms with Crippen LogP contribution in [0.2, 0.25) is 0 Å². The first kappa shape index (κ1) is 17.6. The van der Waals surface area contributed by atoms with Gasteiger partial charge in [0, 0.05) is 18.7 Å². The normalized spacial score (nSPS) is 17.0. The van der Waals surface area contributed by atoms with Crippen molar-refractivity contribution in [2.75, 3.05) is 19.7 Å². The molecule has 0 saturated heterocycles. The van der Waals surface area contributed by atoms with E-state index >= 15 is 0 Å². The van der Waals surface area contributed by atoms with Crippen LogP contribution in [0.25, 0.3) is 20.8 Å². The Kier molecular flexibility index (Phi) is 5.05. The lowest BCUT2D eigenvalue weighted by Gasteiger charge is -2.27. The Morgan fingerprint density at radius 1 is 1.12 bits per heavy atom. The smallest absolute Gasteiger partial charge is 0.277 e. The molecular formula is C20H21N2O2PS. The largest absolute Gasteiger partial charge is 0.317 e. The van der Waals surface area contributed by atoms with Gasteiger partial charge in [0.05, 0.1) is 23.0 Å². The van der Waals surface area contributed by atoms with Gasteiger partial charge in [0.15, 0.2) is 0 Å². The molecule has 1 aliphatic rings. The van der Waals surface area contributed by atoms with Crippen LogP contribution in [0.15, 0.2) is 60.7 Å². The van der Waals surface area contributed by atoms with Gasteiger partial charge in [-0.15, -0.1) is 11.3 Å². The summed E-state index contributed by atoms with van der Waals surface area (Å²) in [5, 5.41) is 1.01. The van der Waals surface area contributed by atoms with Crippen molar-refractivity contribution in [2.24, 2.45) is 0 Å². The fourth-order valence-corrected chi connectivity index (χ4v) is 6.31. The number of thiazole rings is 1. The molecule has 4 nitrogen and oxygen atoms in total. The highest BCUT2D eigenvalue weighted by Crippen LogP contribution is 2.54. The topological polar surface area (TPSA) is 42.4 Å². The summed E-state index contributed by atoms with van der Waals surface area (Å²) in [6, 6.07) is 16.4. The standard InChI is InChI=1S/C20H21N2O2PS/c1-2-24-25(23,22-13-5-6-14-22)15-16-9-11-17(12-10-16)20-21-18-7-3-4-8-19(18)26-20/h3-12H,2,13-15H2,1H3. The maximum Gasteiger partial charge on any atom is 0.277 e. The zero-order chi connectivity index (χ0) is 18.0. The van der Waals surface area contributed by atoms with Crippen LogP contribution in [0.5, 0.6) is 0 Å². The lowest BCUT2D eigenvalue weighted by molar-refractivity contribution is 0.287. The van der Waals surface area contributed by atoms with Crippen molar-refractivity contribution >= 4 is 29.1 Å². The summed E-state index contributed by atoms with van der Waals surface area (Å²) in [5.74, 6) is 0. The summed E-state index contributed by atoms with van der Waals surface area (Å²) in [6.07, 6.45) is 4.52. The maximum atomic E-state index is 13.3. The van der Waals surface area contributed by atoms with E-state index in [0.717, 1.165) is 21.7 Å². The number of hydrogen-bond acceptors (Lipinski definition) is 4. The maximum absolute atomic E-state index is 13.3. The van der Waals surface area contributed by atoms with Gasteiger partial charge in [0.25, 0.3) is 7.52 Å². The van der Waals surface area contributed by atoms with Crippen LogP contribution in [-0.2, 0) is 15.3 Å². The van der Waals surface area contributed by atoms with Crippen molar-refractivity contribution in [3.05, 3.63) is 66.2 Å². The first-order chi connectivity index (χ1) is 12.7. The molecule has 4 rings (SSSR count). The van der Waals surface area contributed by atoms with Crippen molar-refractivity contribution in [1.82, 2.24) is 9.65 Å². The van der Waals surface area contributed by atoms with Crippen LogP contribution < -0.4 is 0 Å². The molecule has 1 unspecified atom stereocenters. The van der Waals surface area contributed by atoms with Crippen molar-refractivity contribution in [2.45, 2.75) is 13.1 Å². The summed E-state index contributed by atoms with van der Waals surface area (Å²) in [5.41, 5.74) is 3.14. The molecule has 134 valence electrons. The third-order valence-corrected chi connectivity index (χ3v) is 8.14. The third-order valence-electron chi connectivity index (χ3n) is 4.44. The number of para-hydroxylation sites is 1. The van der Waals surface area contributed by atoms with Crippen molar-refractivity contribution < 1.29 is 9.09 Å². The molecule has 0 fully saturated rings. The van der Waals surface area contributed by atoms with Gasteiger partial charge < -0.3 is 4.52 Å². The Balaban J connectivity index is 1.56. The molecule has 0 amide bonds.